The van der Waals surface area contributed by atoms with E-state index in [1.54, 1.807) is 0 Å². The lowest BCUT2D eigenvalue weighted by Crippen LogP contribution is -2.30. The highest BCUT2D eigenvalue weighted by atomic mass is 31.2. The summed E-state index contributed by atoms with van der Waals surface area (Å²) in [6.45, 7) is 4.79. The summed E-state index contributed by atoms with van der Waals surface area (Å²) >= 11 is 0. The van der Waals surface area contributed by atoms with Gasteiger partial charge in [0.05, 0.1) is 26.4 Å². The minimum absolute atomic E-state index is 0.104. The van der Waals surface area contributed by atoms with Crippen LogP contribution >= 0.6 is 15.6 Å². The number of aliphatic hydroxyl groups excluding tert-OH is 1. The molecular weight excluding hydrogens is 1110 g/mol. The number of carbonyl (C=O) groups is 4. The Hall–Kier alpha value is -1.94. The summed E-state index contributed by atoms with van der Waals surface area (Å²) in [4.78, 5) is 71.9. The third-order valence-electron chi connectivity index (χ3n) is 15.1. The van der Waals surface area contributed by atoms with Gasteiger partial charge in [-0.1, -0.05) is 285 Å². The lowest BCUT2D eigenvalue weighted by molar-refractivity contribution is -0.161. The first-order valence-electron chi connectivity index (χ1n) is 34.3. The maximum Gasteiger partial charge on any atom is 0.472 e. The van der Waals surface area contributed by atoms with Gasteiger partial charge in [-0.05, 0) is 25.7 Å². The topological polar surface area (TPSA) is 237 Å². The fourth-order valence-corrected chi connectivity index (χ4v) is 11.4. The quantitative estimate of drug-likeness (QED) is 0.0222. The lowest BCUT2D eigenvalue weighted by atomic mass is 10.0. The molecule has 5 atom stereocenters. The lowest BCUT2D eigenvalue weighted by Gasteiger charge is -2.21. The molecule has 0 amide bonds. The Bertz CT molecular complexity index is 1620. The second-order valence-electron chi connectivity index (χ2n) is 23.5. The molecule has 0 aromatic rings. The van der Waals surface area contributed by atoms with E-state index in [0.717, 1.165) is 103 Å². The van der Waals surface area contributed by atoms with Gasteiger partial charge in [0.2, 0.25) is 0 Å². The van der Waals surface area contributed by atoms with E-state index in [4.69, 9.17) is 37.0 Å². The molecule has 498 valence electrons. The minimum Gasteiger partial charge on any atom is -0.462 e. The summed E-state index contributed by atoms with van der Waals surface area (Å²) in [6.07, 6.45) is 46.3. The molecule has 0 saturated heterocycles. The van der Waals surface area contributed by atoms with Crippen LogP contribution in [-0.2, 0) is 65.4 Å². The number of carbonyl (C=O) groups excluding carboxylic acids is 4. The molecule has 0 aliphatic heterocycles. The monoisotopic (exact) mass is 1240 g/mol. The summed E-state index contributed by atoms with van der Waals surface area (Å²) in [5.41, 5.74) is 0. The fraction of sp³-hybridized carbons (Fsp3) is 0.938. The van der Waals surface area contributed by atoms with Gasteiger partial charge in [-0.25, -0.2) is 9.13 Å². The van der Waals surface area contributed by atoms with Gasteiger partial charge in [-0.3, -0.25) is 37.3 Å². The van der Waals surface area contributed by atoms with Crippen LogP contribution in [-0.4, -0.2) is 96.7 Å². The van der Waals surface area contributed by atoms with E-state index in [1.807, 2.05) is 0 Å². The van der Waals surface area contributed by atoms with Gasteiger partial charge in [0.1, 0.15) is 19.3 Å². The average molecular weight is 1240 g/mol. The van der Waals surface area contributed by atoms with Crippen LogP contribution in [0.5, 0.6) is 0 Å². The van der Waals surface area contributed by atoms with E-state index in [9.17, 15) is 43.2 Å². The number of phosphoric ester groups is 2. The summed E-state index contributed by atoms with van der Waals surface area (Å²) in [7, 11) is -9.87. The number of hydrogen-bond donors (Lipinski definition) is 3. The van der Waals surface area contributed by atoms with E-state index in [2.05, 4.69) is 27.7 Å². The van der Waals surface area contributed by atoms with Crippen molar-refractivity contribution in [1.82, 2.24) is 0 Å². The smallest absolute Gasteiger partial charge is 0.462 e. The SMILES string of the molecule is CCCCCCCCCCCCCCCCCCCCCC(=O)O[C@H](COC(=O)CCCCCCCCCCCCCC)COP(=O)(O)OC[C@@H](O)COP(=O)(O)OC[C@@H](COC(=O)CCCCCCC)OC(=O)CCCCCCCCCC. The van der Waals surface area contributed by atoms with Gasteiger partial charge < -0.3 is 33.8 Å². The van der Waals surface area contributed by atoms with Crippen LogP contribution in [0.1, 0.15) is 336 Å². The van der Waals surface area contributed by atoms with Crippen LogP contribution < -0.4 is 0 Å². The van der Waals surface area contributed by atoms with Crippen LogP contribution in [0.3, 0.4) is 0 Å². The van der Waals surface area contributed by atoms with Crippen LogP contribution in [0.25, 0.3) is 0 Å². The number of aliphatic hydroxyl groups is 1. The number of rotatable bonds is 66. The Morgan fingerprint density at radius 1 is 0.286 bits per heavy atom. The molecule has 0 saturated carbocycles. The van der Waals surface area contributed by atoms with Crippen molar-refractivity contribution in [2.75, 3.05) is 39.6 Å². The van der Waals surface area contributed by atoms with E-state index in [-0.39, 0.29) is 25.7 Å². The fourth-order valence-electron chi connectivity index (χ4n) is 9.81. The van der Waals surface area contributed by atoms with E-state index in [0.29, 0.717) is 25.7 Å². The van der Waals surface area contributed by atoms with Crippen molar-refractivity contribution >= 4 is 39.5 Å². The van der Waals surface area contributed by atoms with E-state index in [1.165, 1.54) is 154 Å². The van der Waals surface area contributed by atoms with Crippen molar-refractivity contribution in [1.29, 1.82) is 0 Å². The van der Waals surface area contributed by atoms with Crippen LogP contribution in [0.2, 0.25) is 0 Å². The zero-order valence-corrected chi connectivity index (χ0v) is 55.7. The van der Waals surface area contributed by atoms with Gasteiger partial charge in [0.15, 0.2) is 12.2 Å². The van der Waals surface area contributed by atoms with Crippen LogP contribution in [0.4, 0.5) is 0 Å². The van der Waals surface area contributed by atoms with Crippen molar-refractivity contribution in [3.05, 3.63) is 0 Å². The first-order chi connectivity index (χ1) is 40.7. The average Bonchev–Trinajstić information content (AvgIpc) is 3.54. The molecule has 0 aliphatic carbocycles. The Balaban J connectivity index is 5.11. The molecule has 0 rings (SSSR count). The molecular formula is C65H126O17P2. The first kappa shape index (κ1) is 82.1. The minimum atomic E-state index is -4.94. The van der Waals surface area contributed by atoms with Crippen molar-refractivity contribution in [3.63, 3.8) is 0 Å². The molecule has 0 heterocycles. The highest BCUT2D eigenvalue weighted by Gasteiger charge is 2.30. The molecule has 0 radical (unpaired) electrons. The number of unbranched alkanes of at least 4 members (excludes halogenated alkanes) is 40. The van der Waals surface area contributed by atoms with Crippen molar-refractivity contribution in [3.8, 4) is 0 Å². The third kappa shape index (κ3) is 59.0. The van der Waals surface area contributed by atoms with Crippen LogP contribution in [0.15, 0.2) is 0 Å². The molecule has 0 spiro atoms. The summed E-state index contributed by atoms with van der Waals surface area (Å²) in [5.74, 6) is -2.14. The molecule has 0 bridgehead atoms. The molecule has 3 N–H and O–H groups in total. The van der Waals surface area contributed by atoms with Crippen molar-refractivity contribution < 1.29 is 80.2 Å². The number of phosphoric acid groups is 2. The molecule has 2 unspecified atom stereocenters. The zero-order chi connectivity index (χ0) is 61.9. The Kier molecular flexibility index (Phi) is 58.6. The maximum absolute atomic E-state index is 13.0. The molecule has 0 fully saturated rings. The largest absolute Gasteiger partial charge is 0.472 e. The maximum atomic E-state index is 13.0. The number of ether oxygens (including phenoxy) is 4. The van der Waals surface area contributed by atoms with Gasteiger partial charge >= 0.3 is 39.5 Å². The second kappa shape index (κ2) is 60.0. The second-order valence-corrected chi connectivity index (χ2v) is 26.4. The predicted octanol–water partition coefficient (Wildman–Crippen LogP) is 18.3. The molecule has 17 nitrogen and oxygen atoms in total. The zero-order valence-electron chi connectivity index (χ0n) is 53.9. The standard InChI is InChI=1S/C65H126O17P2/c1-5-9-13-17-20-23-25-27-28-29-30-31-32-33-35-37-40-44-48-52-65(70)82-61(56-76-63(68)50-46-42-39-36-34-26-24-21-18-14-10-6-2)58-80-84(73,74)78-54-59(66)53-77-83(71,72)79-57-60(55-75-62(67)49-45-41-16-12-8-4)81-64(69)51-47-43-38-22-19-15-11-7-3/h59-61,66H,5-58H2,1-4H3,(H,71,72)(H,73,74)/t59-,60+,61+/m0/s1. The third-order valence-corrected chi connectivity index (χ3v) is 17.0. The normalized spacial score (nSPS) is 14.1. The van der Waals surface area contributed by atoms with Crippen molar-refractivity contribution in [2.45, 2.75) is 354 Å². The molecule has 84 heavy (non-hydrogen) atoms. The Morgan fingerprint density at radius 3 is 0.702 bits per heavy atom. The van der Waals surface area contributed by atoms with Crippen molar-refractivity contribution in [2.24, 2.45) is 0 Å². The van der Waals surface area contributed by atoms with Gasteiger partial charge in [0, 0.05) is 25.7 Å². The summed E-state index contributed by atoms with van der Waals surface area (Å²) in [5, 5.41) is 10.5. The first-order valence-corrected chi connectivity index (χ1v) is 37.3. The molecule has 0 aromatic heterocycles. The van der Waals surface area contributed by atoms with Gasteiger partial charge in [0.25, 0.3) is 0 Å². The number of esters is 4. The number of hydrogen-bond acceptors (Lipinski definition) is 15. The summed E-state index contributed by atoms with van der Waals surface area (Å²) in [6, 6.07) is 0. The molecule has 19 heteroatoms. The van der Waals surface area contributed by atoms with E-state index >= 15 is 0 Å². The summed E-state index contributed by atoms with van der Waals surface area (Å²) < 4.78 is 67.8. The molecule has 0 aliphatic rings. The van der Waals surface area contributed by atoms with Crippen LogP contribution in [0, 0.1) is 0 Å². The van der Waals surface area contributed by atoms with E-state index < -0.39 is 97.5 Å². The van der Waals surface area contributed by atoms with Gasteiger partial charge in [-0.15, -0.1) is 0 Å². The van der Waals surface area contributed by atoms with Gasteiger partial charge in [-0.2, -0.15) is 0 Å². The highest BCUT2D eigenvalue weighted by Crippen LogP contribution is 2.45. The Morgan fingerprint density at radius 2 is 0.476 bits per heavy atom. The predicted molar refractivity (Wildman–Crippen MR) is 335 cm³/mol. The Labute approximate surface area is 511 Å². The highest BCUT2D eigenvalue weighted by molar-refractivity contribution is 7.47. The molecule has 0 aromatic carbocycles.